The van der Waals surface area contributed by atoms with Crippen molar-refractivity contribution in [3.8, 4) is 0 Å². The smallest absolute Gasteiger partial charge is 0.240 e. The molecule has 0 radical (unpaired) electrons. The zero-order valence-corrected chi connectivity index (χ0v) is 19.3. The highest BCUT2D eigenvalue weighted by atomic mass is 35.5. The van der Waals surface area contributed by atoms with E-state index in [2.05, 4.69) is 0 Å². The SMILES string of the molecule is O=C(c1cccs1)C1C2C(=O)N(c3ccc(Cl)c(Cl)c3)C(=O)C2C2c3ccccc3C=CN12. The zero-order valence-electron chi connectivity index (χ0n) is 17.0. The molecule has 0 N–H and O–H groups in total. The molecule has 0 bridgehead atoms. The Morgan fingerprint density at radius 1 is 0.909 bits per heavy atom. The number of anilines is 1. The van der Waals surface area contributed by atoms with Crippen LogP contribution in [0, 0.1) is 11.8 Å². The predicted molar refractivity (Wildman–Crippen MR) is 128 cm³/mol. The molecule has 0 spiro atoms. The van der Waals surface area contributed by atoms with Crippen LogP contribution in [0.5, 0.6) is 0 Å². The van der Waals surface area contributed by atoms with Crippen LogP contribution in [0.15, 0.2) is 66.2 Å². The lowest BCUT2D eigenvalue weighted by Gasteiger charge is -2.35. The van der Waals surface area contributed by atoms with Gasteiger partial charge in [-0.3, -0.25) is 14.4 Å². The topological polar surface area (TPSA) is 57.7 Å². The van der Waals surface area contributed by atoms with Gasteiger partial charge in [-0.25, -0.2) is 4.90 Å². The van der Waals surface area contributed by atoms with Gasteiger partial charge >= 0.3 is 0 Å². The average molecular weight is 495 g/mol. The molecule has 5 nitrogen and oxygen atoms in total. The van der Waals surface area contributed by atoms with Crippen molar-refractivity contribution in [2.75, 3.05) is 4.90 Å². The van der Waals surface area contributed by atoms with E-state index in [4.69, 9.17) is 23.2 Å². The van der Waals surface area contributed by atoms with E-state index in [1.54, 1.807) is 18.2 Å². The second-order valence-corrected chi connectivity index (χ2v) is 10.0. The molecule has 1 aromatic heterocycles. The van der Waals surface area contributed by atoms with Gasteiger partial charge in [0.15, 0.2) is 5.78 Å². The van der Waals surface area contributed by atoms with Crippen LogP contribution in [-0.2, 0) is 9.59 Å². The lowest BCUT2D eigenvalue weighted by molar-refractivity contribution is -0.123. The first-order chi connectivity index (χ1) is 16.0. The Kier molecular flexibility index (Phi) is 4.73. The highest BCUT2D eigenvalue weighted by Crippen LogP contribution is 2.54. The number of hydrogen-bond acceptors (Lipinski definition) is 5. The van der Waals surface area contributed by atoms with E-state index in [-0.39, 0.29) is 16.7 Å². The fraction of sp³-hybridized carbons (Fsp3) is 0.160. The molecule has 0 aliphatic carbocycles. The first-order valence-electron chi connectivity index (χ1n) is 10.4. The second-order valence-electron chi connectivity index (χ2n) is 8.28. The maximum atomic E-state index is 13.8. The van der Waals surface area contributed by atoms with Gasteiger partial charge in [-0.1, -0.05) is 53.5 Å². The van der Waals surface area contributed by atoms with Gasteiger partial charge in [0.2, 0.25) is 11.8 Å². The largest absolute Gasteiger partial charge is 0.358 e. The van der Waals surface area contributed by atoms with E-state index >= 15 is 0 Å². The third-order valence-electron chi connectivity index (χ3n) is 6.66. The quantitative estimate of drug-likeness (QED) is 0.358. The van der Waals surface area contributed by atoms with Crippen LogP contribution < -0.4 is 4.90 Å². The molecule has 2 saturated heterocycles. The molecule has 4 heterocycles. The highest BCUT2D eigenvalue weighted by molar-refractivity contribution is 7.12. The number of amides is 2. The summed E-state index contributed by atoms with van der Waals surface area (Å²) in [5.41, 5.74) is 2.28. The number of thiophene rings is 1. The summed E-state index contributed by atoms with van der Waals surface area (Å²) in [6.45, 7) is 0. The summed E-state index contributed by atoms with van der Waals surface area (Å²) in [4.78, 5) is 44.8. The molecular formula is C25H16Cl2N2O3S. The molecule has 33 heavy (non-hydrogen) atoms. The summed E-state index contributed by atoms with van der Waals surface area (Å²) in [5, 5.41) is 2.43. The second kappa shape index (κ2) is 7.55. The number of ketones is 1. The lowest BCUT2D eigenvalue weighted by Crippen LogP contribution is -2.44. The Morgan fingerprint density at radius 2 is 1.70 bits per heavy atom. The fourth-order valence-corrected chi connectivity index (χ4v) is 6.29. The summed E-state index contributed by atoms with van der Waals surface area (Å²) < 4.78 is 0. The Hall–Kier alpha value is -2.93. The number of carbonyl (C=O) groups excluding carboxylic acids is 3. The standard InChI is InChI=1S/C25H16Cl2N2O3S/c26-16-8-7-14(12-17(16)27)29-24(31)19-20(25(29)32)22(23(30)18-6-3-11-33-18)28-10-9-13-4-1-2-5-15(13)21(19)28/h1-12,19-22H. The lowest BCUT2D eigenvalue weighted by atomic mass is 9.84. The summed E-state index contributed by atoms with van der Waals surface area (Å²) in [6.07, 6.45) is 3.79. The van der Waals surface area contributed by atoms with Crippen LogP contribution in [0.25, 0.3) is 6.08 Å². The molecule has 6 rings (SSSR count). The minimum atomic E-state index is -0.803. The van der Waals surface area contributed by atoms with Gasteiger partial charge in [0.05, 0.1) is 38.5 Å². The van der Waals surface area contributed by atoms with Crippen LogP contribution in [0.1, 0.15) is 26.8 Å². The van der Waals surface area contributed by atoms with E-state index in [1.807, 2.05) is 52.9 Å². The van der Waals surface area contributed by atoms with Gasteiger partial charge in [-0.2, -0.15) is 0 Å². The minimum Gasteiger partial charge on any atom is -0.358 e. The van der Waals surface area contributed by atoms with Crippen LogP contribution >= 0.6 is 34.5 Å². The number of hydrogen-bond donors (Lipinski definition) is 0. The van der Waals surface area contributed by atoms with Gasteiger partial charge in [0, 0.05) is 6.20 Å². The Balaban J connectivity index is 1.51. The average Bonchev–Trinajstić information content (AvgIpc) is 3.52. The van der Waals surface area contributed by atoms with Crippen molar-refractivity contribution in [3.05, 3.63) is 92.2 Å². The van der Waals surface area contributed by atoms with Gasteiger partial charge in [-0.15, -0.1) is 11.3 Å². The fourth-order valence-electron chi connectivity index (χ4n) is 5.30. The molecule has 3 aromatic rings. The molecular weight excluding hydrogens is 479 g/mol. The normalized spacial score (nSPS) is 25.3. The van der Waals surface area contributed by atoms with Crippen LogP contribution in [0.3, 0.4) is 0 Å². The van der Waals surface area contributed by atoms with E-state index in [0.29, 0.717) is 15.6 Å². The third kappa shape index (κ3) is 2.94. The number of fused-ring (bicyclic) bond motifs is 5. The Labute approximate surface area is 203 Å². The Bertz CT molecular complexity index is 1350. The van der Waals surface area contributed by atoms with E-state index < -0.39 is 29.8 Å². The molecule has 164 valence electrons. The van der Waals surface area contributed by atoms with Crippen molar-refractivity contribution in [1.82, 2.24) is 4.90 Å². The molecule has 3 aliphatic rings. The molecule has 4 unspecified atom stereocenters. The van der Waals surface area contributed by atoms with Gasteiger partial charge in [0.25, 0.3) is 0 Å². The zero-order chi connectivity index (χ0) is 22.9. The minimum absolute atomic E-state index is 0.149. The van der Waals surface area contributed by atoms with E-state index in [0.717, 1.165) is 11.1 Å². The van der Waals surface area contributed by atoms with Crippen LogP contribution in [0.2, 0.25) is 10.0 Å². The molecule has 2 fully saturated rings. The number of benzene rings is 2. The van der Waals surface area contributed by atoms with Crippen LogP contribution in [0.4, 0.5) is 5.69 Å². The van der Waals surface area contributed by atoms with Crippen molar-refractivity contribution in [3.63, 3.8) is 0 Å². The first kappa shape index (κ1) is 20.7. The van der Waals surface area contributed by atoms with Gasteiger partial charge < -0.3 is 4.90 Å². The number of rotatable bonds is 3. The molecule has 3 aliphatic heterocycles. The third-order valence-corrected chi connectivity index (χ3v) is 8.28. The number of nitrogens with zero attached hydrogens (tertiary/aromatic N) is 2. The van der Waals surface area contributed by atoms with Crippen molar-refractivity contribution in [2.24, 2.45) is 11.8 Å². The Morgan fingerprint density at radius 3 is 2.45 bits per heavy atom. The first-order valence-corrected chi connectivity index (χ1v) is 12.1. The van der Waals surface area contributed by atoms with Gasteiger partial charge in [-0.05, 0) is 46.8 Å². The van der Waals surface area contributed by atoms with Crippen molar-refractivity contribution in [1.29, 1.82) is 0 Å². The molecule has 8 heteroatoms. The summed E-state index contributed by atoms with van der Waals surface area (Å²) >= 11 is 13.6. The number of carbonyl (C=O) groups is 3. The van der Waals surface area contributed by atoms with Crippen molar-refractivity contribution >= 4 is 63.9 Å². The number of halogens is 2. The molecule has 4 atom stereocenters. The maximum absolute atomic E-state index is 13.8. The molecule has 2 amide bonds. The summed E-state index contributed by atoms with van der Waals surface area (Å²) in [6, 6.07) is 14.9. The number of Topliss-reactive ketones (excluding diaryl/α,β-unsaturated/α-hetero) is 1. The predicted octanol–water partition coefficient (Wildman–Crippen LogP) is 5.45. The summed E-state index contributed by atoms with van der Waals surface area (Å²) in [5.74, 6) is -2.36. The number of imide groups is 1. The van der Waals surface area contributed by atoms with Crippen molar-refractivity contribution in [2.45, 2.75) is 12.1 Å². The highest BCUT2D eigenvalue weighted by Gasteiger charge is 2.64. The van der Waals surface area contributed by atoms with Gasteiger partial charge in [0.1, 0.15) is 6.04 Å². The van der Waals surface area contributed by atoms with E-state index in [9.17, 15) is 14.4 Å². The molecule has 2 aromatic carbocycles. The van der Waals surface area contributed by atoms with Crippen molar-refractivity contribution < 1.29 is 14.4 Å². The molecule has 0 saturated carbocycles. The maximum Gasteiger partial charge on any atom is 0.240 e. The van der Waals surface area contributed by atoms with E-state index in [1.165, 1.54) is 22.3 Å². The monoisotopic (exact) mass is 494 g/mol. The van der Waals surface area contributed by atoms with Crippen LogP contribution in [-0.4, -0.2) is 28.5 Å². The summed E-state index contributed by atoms with van der Waals surface area (Å²) in [7, 11) is 0.